The lowest BCUT2D eigenvalue weighted by Crippen LogP contribution is -2.33. The molecule has 0 fully saturated rings. The molecule has 2 aromatic heterocycles. The first-order valence-corrected chi connectivity index (χ1v) is 8.06. The smallest absolute Gasteiger partial charge is 0.223 e. The van der Waals surface area contributed by atoms with Crippen molar-refractivity contribution in [1.82, 2.24) is 15.3 Å². The summed E-state index contributed by atoms with van der Waals surface area (Å²) in [6.45, 7) is 0.546. The summed E-state index contributed by atoms with van der Waals surface area (Å²) in [6.07, 6.45) is 6.19. The molecule has 0 radical (unpaired) electrons. The van der Waals surface area contributed by atoms with Gasteiger partial charge in [0.05, 0.1) is 0 Å². The number of aryl methyl sites for hydroxylation is 1. The Labute approximate surface area is 134 Å². The van der Waals surface area contributed by atoms with Crippen LogP contribution in [0.5, 0.6) is 0 Å². The fraction of sp³-hybridized carbons (Fsp3) is 0.263. The Morgan fingerprint density at radius 3 is 3.04 bits per heavy atom. The average molecular weight is 305 g/mol. The molecular weight excluding hydrogens is 286 g/mol. The van der Waals surface area contributed by atoms with E-state index in [9.17, 15) is 4.79 Å². The molecule has 1 aliphatic carbocycles. The van der Waals surface area contributed by atoms with Gasteiger partial charge in [-0.1, -0.05) is 24.3 Å². The predicted octanol–water partition coefficient (Wildman–Crippen LogP) is 2.98. The number of pyridine rings is 1. The van der Waals surface area contributed by atoms with Crippen molar-refractivity contribution in [3.63, 3.8) is 0 Å². The quantitative estimate of drug-likeness (QED) is 0.781. The van der Waals surface area contributed by atoms with Crippen molar-refractivity contribution in [2.24, 2.45) is 5.92 Å². The molecule has 1 aliphatic rings. The third-order valence-corrected chi connectivity index (χ3v) is 4.66. The number of fused-ring (bicyclic) bond motifs is 3. The maximum atomic E-state index is 12.5. The Kier molecular flexibility index (Phi) is 3.58. The van der Waals surface area contributed by atoms with Crippen LogP contribution in [0.1, 0.15) is 23.2 Å². The summed E-state index contributed by atoms with van der Waals surface area (Å²) in [5.74, 6) is 0.197. The molecule has 4 heteroatoms. The summed E-state index contributed by atoms with van der Waals surface area (Å²) in [4.78, 5) is 20.1. The van der Waals surface area contributed by atoms with E-state index in [-0.39, 0.29) is 11.8 Å². The summed E-state index contributed by atoms with van der Waals surface area (Å²) < 4.78 is 0. The number of carbonyl (C=O) groups is 1. The summed E-state index contributed by atoms with van der Waals surface area (Å²) >= 11 is 0. The van der Waals surface area contributed by atoms with Crippen LogP contribution in [0.15, 0.2) is 48.8 Å². The Morgan fingerprint density at radius 2 is 2.17 bits per heavy atom. The highest BCUT2D eigenvalue weighted by Gasteiger charge is 2.27. The van der Waals surface area contributed by atoms with Gasteiger partial charge in [0.1, 0.15) is 0 Å². The van der Waals surface area contributed by atoms with Gasteiger partial charge in [-0.15, -0.1) is 0 Å². The minimum atomic E-state index is 0.0541. The van der Waals surface area contributed by atoms with Crippen LogP contribution in [-0.2, 0) is 24.2 Å². The molecule has 0 bridgehead atoms. The van der Waals surface area contributed by atoms with Gasteiger partial charge < -0.3 is 10.3 Å². The third-order valence-electron chi connectivity index (χ3n) is 4.66. The number of carbonyl (C=O) groups excluding carboxylic acids is 1. The summed E-state index contributed by atoms with van der Waals surface area (Å²) in [5, 5.41) is 4.31. The van der Waals surface area contributed by atoms with Crippen LogP contribution >= 0.6 is 0 Å². The SMILES string of the molecule is O=C(NCc1cccnc1)C1CCc2[nH]c3ccccc3c2C1. The van der Waals surface area contributed by atoms with Crippen molar-refractivity contribution in [3.05, 3.63) is 65.6 Å². The highest BCUT2D eigenvalue weighted by Crippen LogP contribution is 2.31. The van der Waals surface area contributed by atoms with E-state index in [1.807, 2.05) is 18.2 Å². The van der Waals surface area contributed by atoms with Crippen LogP contribution in [0.25, 0.3) is 10.9 Å². The number of aromatic amines is 1. The van der Waals surface area contributed by atoms with E-state index in [2.05, 4.69) is 33.5 Å². The second-order valence-electron chi connectivity index (χ2n) is 6.15. The minimum absolute atomic E-state index is 0.0541. The number of hydrogen-bond acceptors (Lipinski definition) is 2. The van der Waals surface area contributed by atoms with E-state index >= 15 is 0 Å². The summed E-state index contributed by atoms with van der Waals surface area (Å²) in [7, 11) is 0. The largest absolute Gasteiger partial charge is 0.358 e. The lowest BCUT2D eigenvalue weighted by molar-refractivity contribution is -0.125. The second kappa shape index (κ2) is 5.88. The minimum Gasteiger partial charge on any atom is -0.358 e. The van der Waals surface area contributed by atoms with Crippen molar-refractivity contribution in [2.45, 2.75) is 25.8 Å². The predicted molar refractivity (Wildman–Crippen MR) is 89.9 cm³/mol. The van der Waals surface area contributed by atoms with Crippen LogP contribution in [0, 0.1) is 5.92 Å². The highest BCUT2D eigenvalue weighted by molar-refractivity contribution is 5.87. The summed E-state index contributed by atoms with van der Waals surface area (Å²) in [6, 6.07) is 12.2. The van der Waals surface area contributed by atoms with Crippen LogP contribution in [-0.4, -0.2) is 15.9 Å². The van der Waals surface area contributed by atoms with Crippen LogP contribution in [0.4, 0.5) is 0 Å². The molecule has 2 heterocycles. The molecule has 3 aromatic rings. The van der Waals surface area contributed by atoms with Gasteiger partial charge in [0.15, 0.2) is 0 Å². The molecule has 1 unspecified atom stereocenters. The zero-order valence-electron chi connectivity index (χ0n) is 12.9. The molecule has 2 N–H and O–H groups in total. The molecule has 1 aromatic carbocycles. The molecule has 4 nitrogen and oxygen atoms in total. The van der Waals surface area contributed by atoms with Gasteiger partial charge in [0, 0.05) is 41.5 Å². The van der Waals surface area contributed by atoms with Crippen molar-refractivity contribution < 1.29 is 4.79 Å². The zero-order chi connectivity index (χ0) is 15.6. The van der Waals surface area contributed by atoms with Crippen molar-refractivity contribution in [2.75, 3.05) is 0 Å². The van der Waals surface area contributed by atoms with Crippen LogP contribution in [0.3, 0.4) is 0 Å². The molecule has 116 valence electrons. The van der Waals surface area contributed by atoms with E-state index in [1.54, 1.807) is 12.4 Å². The average Bonchev–Trinajstić information content (AvgIpc) is 2.98. The number of rotatable bonds is 3. The number of benzene rings is 1. The Morgan fingerprint density at radius 1 is 1.26 bits per heavy atom. The van der Waals surface area contributed by atoms with Gasteiger partial charge in [-0.3, -0.25) is 9.78 Å². The van der Waals surface area contributed by atoms with Crippen LogP contribution in [0.2, 0.25) is 0 Å². The van der Waals surface area contributed by atoms with Crippen molar-refractivity contribution in [3.8, 4) is 0 Å². The van der Waals surface area contributed by atoms with Gasteiger partial charge in [-0.25, -0.2) is 0 Å². The number of hydrogen-bond donors (Lipinski definition) is 2. The van der Waals surface area contributed by atoms with Crippen molar-refractivity contribution >= 4 is 16.8 Å². The van der Waals surface area contributed by atoms with Gasteiger partial charge in [0.2, 0.25) is 5.91 Å². The van der Waals surface area contributed by atoms with Gasteiger partial charge in [-0.05, 0) is 42.5 Å². The molecule has 1 atom stereocenters. The van der Waals surface area contributed by atoms with E-state index < -0.39 is 0 Å². The number of nitrogens with one attached hydrogen (secondary N) is 2. The topological polar surface area (TPSA) is 57.8 Å². The molecule has 0 saturated carbocycles. The molecule has 1 amide bonds. The maximum absolute atomic E-state index is 12.5. The molecule has 0 aliphatic heterocycles. The Hall–Kier alpha value is -2.62. The fourth-order valence-electron chi connectivity index (χ4n) is 3.43. The number of para-hydroxylation sites is 1. The number of amides is 1. The van der Waals surface area contributed by atoms with Crippen LogP contribution < -0.4 is 5.32 Å². The normalized spacial score (nSPS) is 17.0. The van der Waals surface area contributed by atoms with E-state index in [4.69, 9.17) is 0 Å². The second-order valence-corrected chi connectivity index (χ2v) is 6.15. The van der Waals surface area contributed by atoms with E-state index in [0.29, 0.717) is 6.54 Å². The van der Waals surface area contributed by atoms with Gasteiger partial charge >= 0.3 is 0 Å². The third kappa shape index (κ3) is 2.72. The molecule has 0 spiro atoms. The Balaban J connectivity index is 1.48. The first kappa shape index (κ1) is 14.0. The fourth-order valence-corrected chi connectivity index (χ4v) is 3.43. The van der Waals surface area contributed by atoms with Crippen molar-refractivity contribution in [1.29, 1.82) is 0 Å². The molecule has 0 saturated heterocycles. The lowest BCUT2D eigenvalue weighted by Gasteiger charge is -2.21. The van der Waals surface area contributed by atoms with Gasteiger partial charge in [0.25, 0.3) is 0 Å². The summed E-state index contributed by atoms with van der Waals surface area (Å²) in [5.41, 5.74) is 4.81. The molecule has 23 heavy (non-hydrogen) atoms. The first-order chi connectivity index (χ1) is 11.3. The van der Waals surface area contributed by atoms with E-state index in [0.717, 1.165) is 24.8 Å². The number of H-pyrrole nitrogens is 1. The van der Waals surface area contributed by atoms with E-state index in [1.165, 1.54) is 22.2 Å². The first-order valence-electron chi connectivity index (χ1n) is 8.06. The van der Waals surface area contributed by atoms with Gasteiger partial charge in [-0.2, -0.15) is 0 Å². The standard InChI is InChI=1S/C19H19N3O/c23-19(21-12-13-4-3-9-20-11-13)14-7-8-18-16(10-14)15-5-1-2-6-17(15)22-18/h1-6,9,11,14,22H,7-8,10,12H2,(H,21,23). The number of aromatic nitrogens is 2. The maximum Gasteiger partial charge on any atom is 0.223 e. The molecular formula is C19H19N3O. The highest BCUT2D eigenvalue weighted by atomic mass is 16.1. The number of nitrogens with zero attached hydrogens (tertiary/aromatic N) is 1. The molecule has 4 rings (SSSR count). The lowest BCUT2D eigenvalue weighted by atomic mass is 9.86. The zero-order valence-corrected chi connectivity index (χ0v) is 12.9. The Bertz CT molecular complexity index is 838. The monoisotopic (exact) mass is 305 g/mol.